The van der Waals surface area contributed by atoms with Crippen molar-refractivity contribution >= 4 is 17.3 Å². The van der Waals surface area contributed by atoms with Crippen LogP contribution in [0, 0.1) is 5.82 Å². The van der Waals surface area contributed by atoms with Gasteiger partial charge in [0, 0.05) is 30.5 Å². The average molecular weight is 351 g/mol. The van der Waals surface area contributed by atoms with Gasteiger partial charge in [0.2, 0.25) is 5.88 Å². The summed E-state index contributed by atoms with van der Waals surface area (Å²) >= 11 is 6.14. The Morgan fingerprint density at radius 1 is 1.17 bits per heavy atom. The molecule has 2 aromatic rings. The van der Waals surface area contributed by atoms with E-state index in [4.69, 9.17) is 26.8 Å². The Bertz CT molecular complexity index is 701. The van der Waals surface area contributed by atoms with E-state index >= 15 is 0 Å². The zero-order chi connectivity index (χ0) is 17.1. The molecule has 0 amide bonds. The number of nitrogen functional groups attached to an aromatic ring is 1. The monoisotopic (exact) mass is 350 g/mol. The summed E-state index contributed by atoms with van der Waals surface area (Å²) in [5.41, 5.74) is 6.82. The summed E-state index contributed by atoms with van der Waals surface area (Å²) in [4.78, 5) is 4.32. The molecule has 1 fully saturated rings. The van der Waals surface area contributed by atoms with Gasteiger partial charge >= 0.3 is 0 Å². The van der Waals surface area contributed by atoms with Gasteiger partial charge in [0.15, 0.2) is 0 Å². The molecule has 1 aliphatic carbocycles. The molecule has 0 saturated heterocycles. The van der Waals surface area contributed by atoms with Crippen LogP contribution in [-0.2, 0) is 4.74 Å². The van der Waals surface area contributed by atoms with Crippen LogP contribution in [0.5, 0.6) is 5.88 Å². The van der Waals surface area contributed by atoms with Crippen molar-refractivity contribution in [1.82, 2.24) is 4.98 Å². The predicted octanol–water partition coefficient (Wildman–Crippen LogP) is 4.46. The molecule has 0 aliphatic heterocycles. The van der Waals surface area contributed by atoms with Gasteiger partial charge in [-0.1, -0.05) is 11.6 Å². The molecule has 1 heterocycles. The van der Waals surface area contributed by atoms with Gasteiger partial charge < -0.3 is 15.2 Å². The van der Waals surface area contributed by atoms with Gasteiger partial charge in [-0.2, -0.15) is 0 Å². The number of nitrogens with two attached hydrogens (primary N) is 1. The Kier molecular flexibility index (Phi) is 5.21. The molecule has 128 valence electrons. The number of aromatic nitrogens is 1. The van der Waals surface area contributed by atoms with E-state index in [0.717, 1.165) is 25.7 Å². The lowest BCUT2D eigenvalue weighted by molar-refractivity contribution is 0.0314. The molecule has 3 rings (SSSR count). The van der Waals surface area contributed by atoms with E-state index in [9.17, 15) is 4.39 Å². The third-order valence-corrected chi connectivity index (χ3v) is 4.69. The summed E-state index contributed by atoms with van der Waals surface area (Å²) in [6.45, 7) is 0. The number of ether oxygens (including phenoxy) is 2. The number of halogens is 2. The second-order valence-electron chi connectivity index (χ2n) is 5.99. The van der Waals surface area contributed by atoms with E-state index in [1.54, 1.807) is 19.4 Å². The summed E-state index contributed by atoms with van der Waals surface area (Å²) < 4.78 is 24.9. The van der Waals surface area contributed by atoms with Gasteiger partial charge in [0.05, 0.1) is 16.8 Å². The lowest BCUT2D eigenvalue weighted by atomic mass is 9.95. The third-order valence-electron chi connectivity index (χ3n) is 4.38. The molecule has 0 spiro atoms. The minimum absolute atomic E-state index is 0.0309. The quantitative estimate of drug-likeness (QED) is 0.827. The van der Waals surface area contributed by atoms with Crippen LogP contribution in [0.15, 0.2) is 30.5 Å². The topological polar surface area (TPSA) is 57.4 Å². The first kappa shape index (κ1) is 17.0. The van der Waals surface area contributed by atoms with E-state index in [2.05, 4.69) is 4.98 Å². The molecule has 6 heteroatoms. The van der Waals surface area contributed by atoms with Gasteiger partial charge in [-0.15, -0.1) is 0 Å². The van der Waals surface area contributed by atoms with E-state index in [1.165, 1.54) is 12.1 Å². The lowest BCUT2D eigenvalue weighted by Gasteiger charge is -2.27. The summed E-state index contributed by atoms with van der Waals surface area (Å²) in [7, 11) is 1.75. The molecule has 1 aliphatic rings. The highest BCUT2D eigenvalue weighted by Gasteiger charge is 2.22. The summed E-state index contributed by atoms with van der Waals surface area (Å²) in [5.74, 6) is 0.0660. The lowest BCUT2D eigenvalue weighted by Crippen LogP contribution is -2.27. The zero-order valence-electron chi connectivity index (χ0n) is 13.5. The number of hydrogen-bond donors (Lipinski definition) is 1. The first-order valence-electron chi connectivity index (χ1n) is 7.97. The minimum atomic E-state index is -0.496. The van der Waals surface area contributed by atoms with Crippen molar-refractivity contribution < 1.29 is 13.9 Å². The van der Waals surface area contributed by atoms with Crippen LogP contribution in [-0.4, -0.2) is 24.3 Å². The van der Waals surface area contributed by atoms with E-state index in [1.807, 2.05) is 6.07 Å². The second-order valence-corrected chi connectivity index (χ2v) is 6.40. The van der Waals surface area contributed by atoms with Crippen LogP contribution in [0.1, 0.15) is 25.7 Å². The summed E-state index contributed by atoms with van der Waals surface area (Å²) in [5, 5.41) is 0.391. The SMILES string of the molecule is COC1CCC(Oc2ccc(-c3cc(F)c(N)cc3Cl)cn2)CC1. The fraction of sp³-hybridized carbons (Fsp3) is 0.389. The molecule has 1 saturated carbocycles. The smallest absolute Gasteiger partial charge is 0.213 e. The number of hydrogen-bond acceptors (Lipinski definition) is 4. The first-order valence-corrected chi connectivity index (χ1v) is 8.35. The average Bonchev–Trinajstić information content (AvgIpc) is 2.60. The molecule has 4 nitrogen and oxygen atoms in total. The highest BCUT2D eigenvalue weighted by atomic mass is 35.5. The number of methoxy groups -OCH3 is 1. The van der Waals surface area contributed by atoms with Crippen molar-refractivity contribution in [3.05, 3.63) is 41.3 Å². The maximum atomic E-state index is 13.7. The molecule has 2 N–H and O–H groups in total. The largest absolute Gasteiger partial charge is 0.474 e. The Morgan fingerprint density at radius 3 is 2.50 bits per heavy atom. The van der Waals surface area contributed by atoms with Crippen molar-refractivity contribution in [1.29, 1.82) is 0 Å². The molecule has 24 heavy (non-hydrogen) atoms. The number of benzene rings is 1. The molecule has 0 unspecified atom stereocenters. The first-order chi connectivity index (χ1) is 11.6. The Morgan fingerprint density at radius 2 is 1.88 bits per heavy atom. The van der Waals surface area contributed by atoms with Crippen LogP contribution in [0.4, 0.5) is 10.1 Å². The molecule has 0 radical (unpaired) electrons. The van der Waals surface area contributed by atoms with Crippen LogP contribution in [0.25, 0.3) is 11.1 Å². The molecular formula is C18H20ClFN2O2. The van der Waals surface area contributed by atoms with Gasteiger partial charge in [-0.3, -0.25) is 0 Å². The second kappa shape index (κ2) is 7.36. The third kappa shape index (κ3) is 3.79. The number of anilines is 1. The normalized spacial score (nSPS) is 20.8. The van der Waals surface area contributed by atoms with Gasteiger partial charge in [0.1, 0.15) is 11.9 Å². The van der Waals surface area contributed by atoms with Crippen LogP contribution >= 0.6 is 11.6 Å². The van der Waals surface area contributed by atoms with Crippen molar-refractivity contribution in [3.8, 4) is 17.0 Å². The summed E-state index contributed by atoms with van der Waals surface area (Å²) in [6, 6.07) is 6.33. The van der Waals surface area contributed by atoms with Gasteiger partial charge in [-0.25, -0.2) is 9.37 Å². The summed E-state index contributed by atoms with van der Waals surface area (Å²) in [6.07, 6.45) is 6.04. The standard InChI is InChI=1S/C18H20ClFN2O2/c1-23-12-3-5-13(6-4-12)24-18-7-2-11(10-22-18)14-8-16(20)17(21)9-15(14)19/h2,7-10,12-13H,3-6,21H2,1H3. The number of rotatable bonds is 4. The molecule has 1 aromatic carbocycles. The van der Waals surface area contributed by atoms with Crippen molar-refractivity contribution in [2.45, 2.75) is 37.9 Å². The van der Waals surface area contributed by atoms with Crippen LogP contribution in [0.2, 0.25) is 5.02 Å². The molecule has 0 bridgehead atoms. The van der Waals surface area contributed by atoms with Crippen LogP contribution < -0.4 is 10.5 Å². The van der Waals surface area contributed by atoms with Crippen molar-refractivity contribution in [3.63, 3.8) is 0 Å². The highest BCUT2D eigenvalue weighted by Crippen LogP contribution is 2.32. The van der Waals surface area contributed by atoms with Gasteiger partial charge in [0.25, 0.3) is 0 Å². The molecule has 0 atom stereocenters. The maximum absolute atomic E-state index is 13.7. The fourth-order valence-electron chi connectivity index (χ4n) is 2.95. The molecular weight excluding hydrogens is 331 g/mol. The highest BCUT2D eigenvalue weighted by molar-refractivity contribution is 6.33. The maximum Gasteiger partial charge on any atom is 0.213 e. The van der Waals surface area contributed by atoms with E-state index < -0.39 is 5.82 Å². The molecule has 1 aromatic heterocycles. The number of nitrogens with zero attached hydrogens (tertiary/aromatic N) is 1. The van der Waals surface area contributed by atoms with E-state index in [0.29, 0.717) is 28.1 Å². The van der Waals surface area contributed by atoms with Gasteiger partial charge in [-0.05, 0) is 43.9 Å². The Balaban J connectivity index is 1.69. The predicted molar refractivity (Wildman–Crippen MR) is 92.7 cm³/mol. The number of pyridine rings is 1. The fourth-order valence-corrected chi connectivity index (χ4v) is 3.23. The Hall–Kier alpha value is -1.85. The minimum Gasteiger partial charge on any atom is -0.474 e. The zero-order valence-corrected chi connectivity index (χ0v) is 14.2. The van der Waals surface area contributed by atoms with Crippen LogP contribution in [0.3, 0.4) is 0 Å². The Labute approximate surface area is 145 Å². The van der Waals surface area contributed by atoms with Crippen molar-refractivity contribution in [2.24, 2.45) is 0 Å². The van der Waals surface area contributed by atoms with E-state index in [-0.39, 0.29) is 11.8 Å². The van der Waals surface area contributed by atoms with Crippen molar-refractivity contribution in [2.75, 3.05) is 12.8 Å².